The molecule has 0 aromatic carbocycles. The predicted molar refractivity (Wildman–Crippen MR) is 101 cm³/mol. The van der Waals surface area contributed by atoms with E-state index in [1.165, 1.54) is 0 Å². The van der Waals surface area contributed by atoms with Gasteiger partial charge in [-0.05, 0) is 38.8 Å². The maximum absolute atomic E-state index is 5.47. The molecular formula is C19H30N4O. The summed E-state index contributed by atoms with van der Waals surface area (Å²) in [6.45, 7) is 8.71. The number of methoxy groups -OCH3 is 1. The number of anilines is 1. The van der Waals surface area contributed by atoms with Crippen molar-refractivity contribution in [2.75, 3.05) is 26.1 Å². The largest absolute Gasteiger partial charge is 0.480 e. The van der Waals surface area contributed by atoms with Gasteiger partial charge in [-0.2, -0.15) is 0 Å². The minimum atomic E-state index is 0.194. The summed E-state index contributed by atoms with van der Waals surface area (Å²) in [5.41, 5.74) is 3.11. The Morgan fingerprint density at radius 1 is 1.25 bits per heavy atom. The quantitative estimate of drug-likeness (QED) is 0.799. The van der Waals surface area contributed by atoms with Crippen LogP contribution in [-0.4, -0.2) is 48.9 Å². The van der Waals surface area contributed by atoms with E-state index < -0.39 is 0 Å². The second-order valence-corrected chi connectivity index (χ2v) is 6.46. The van der Waals surface area contributed by atoms with E-state index in [1.807, 2.05) is 38.2 Å². The fraction of sp³-hybridized carbons (Fsp3) is 0.579. The normalized spacial score (nSPS) is 17.7. The lowest BCUT2D eigenvalue weighted by Crippen LogP contribution is -2.44. The van der Waals surface area contributed by atoms with Crippen molar-refractivity contribution < 1.29 is 4.74 Å². The molecule has 0 saturated heterocycles. The van der Waals surface area contributed by atoms with Crippen LogP contribution in [0.5, 0.6) is 0 Å². The van der Waals surface area contributed by atoms with E-state index in [0.717, 1.165) is 35.6 Å². The van der Waals surface area contributed by atoms with Crippen molar-refractivity contribution in [1.82, 2.24) is 9.88 Å². The number of nitrogens with zero attached hydrogens (tertiary/aromatic N) is 4. The maximum Gasteiger partial charge on any atom is 0.229 e. The van der Waals surface area contributed by atoms with E-state index in [0.29, 0.717) is 11.9 Å². The second kappa shape index (κ2) is 7.69. The summed E-state index contributed by atoms with van der Waals surface area (Å²) in [5, 5.41) is 0. The third kappa shape index (κ3) is 3.55. The predicted octanol–water partition coefficient (Wildman–Crippen LogP) is 3.58. The van der Waals surface area contributed by atoms with Gasteiger partial charge in [0.1, 0.15) is 5.82 Å². The lowest BCUT2D eigenvalue weighted by Gasteiger charge is -2.38. The lowest BCUT2D eigenvalue weighted by molar-refractivity contribution is 0.206. The smallest absolute Gasteiger partial charge is 0.229 e. The lowest BCUT2D eigenvalue weighted by atomic mass is 9.98. The fourth-order valence-electron chi connectivity index (χ4n) is 3.20. The zero-order chi connectivity index (χ0) is 17.9. The van der Waals surface area contributed by atoms with Crippen molar-refractivity contribution in [3.8, 4) is 0 Å². The minimum Gasteiger partial charge on any atom is -0.480 e. The summed E-state index contributed by atoms with van der Waals surface area (Å²) in [4.78, 5) is 13.8. The zero-order valence-electron chi connectivity index (χ0n) is 16.0. The average Bonchev–Trinajstić information content (AvgIpc) is 2.57. The molecule has 1 aliphatic heterocycles. The molecule has 1 aliphatic rings. The first-order valence-corrected chi connectivity index (χ1v) is 8.70. The summed E-state index contributed by atoms with van der Waals surface area (Å²) in [7, 11) is 5.68. The van der Waals surface area contributed by atoms with Crippen molar-refractivity contribution in [2.24, 2.45) is 4.99 Å². The van der Waals surface area contributed by atoms with Crippen LogP contribution in [0.25, 0.3) is 0 Å². The Bertz CT molecular complexity index is 632. The van der Waals surface area contributed by atoms with Gasteiger partial charge in [-0.25, -0.2) is 9.98 Å². The van der Waals surface area contributed by atoms with E-state index in [-0.39, 0.29) is 6.04 Å². The summed E-state index contributed by atoms with van der Waals surface area (Å²) >= 11 is 0. The van der Waals surface area contributed by atoms with Gasteiger partial charge in [0.15, 0.2) is 0 Å². The van der Waals surface area contributed by atoms with Crippen LogP contribution in [0, 0.1) is 6.92 Å². The molecule has 1 aromatic rings. The van der Waals surface area contributed by atoms with Crippen LogP contribution in [0.1, 0.15) is 44.9 Å². The summed E-state index contributed by atoms with van der Waals surface area (Å²) < 4.78 is 5.47. The third-order valence-electron chi connectivity index (χ3n) is 4.71. The summed E-state index contributed by atoms with van der Waals surface area (Å²) in [5.74, 6) is 1.62. The number of rotatable bonds is 6. The van der Waals surface area contributed by atoms with E-state index in [2.05, 4.69) is 31.7 Å². The summed E-state index contributed by atoms with van der Waals surface area (Å²) in [6, 6.07) is 4.84. The SMILES string of the molecule is CCC(CC)N1C=C(OC)N=C(c2ccc(N(C)C)nc2C)C1C. The van der Waals surface area contributed by atoms with Crippen molar-refractivity contribution in [2.45, 2.75) is 52.6 Å². The molecule has 1 unspecified atom stereocenters. The highest BCUT2D eigenvalue weighted by Gasteiger charge is 2.29. The first kappa shape index (κ1) is 18.3. The molecule has 0 radical (unpaired) electrons. The maximum atomic E-state index is 5.47. The van der Waals surface area contributed by atoms with Crippen LogP contribution >= 0.6 is 0 Å². The molecule has 0 saturated carbocycles. The van der Waals surface area contributed by atoms with Gasteiger partial charge in [0.2, 0.25) is 5.88 Å². The van der Waals surface area contributed by atoms with Crippen molar-refractivity contribution in [1.29, 1.82) is 0 Å². The van der Waals surface area contributed by atoms with Gasteiger partial charge in [0.05, 0.1) is 25.1 Å². The molecule has 2 heterocycles. The number of ether oxygens (including phenoxy) is 1. The van der Waals surface area contributed by atoms with Gasteiger partial charge in [-0.15, -0.1) is 0 Å². The average molecular weight is 330 g/mol. The molecule has 5 nitrogen and oxygen atoms in total. The topological polar surface area (TPSA) is 41.0 Å². The highest BCUT2D eigenvalue weighted by Crippen LogP contribution is 2.26. The van der Waals surface area contributed by atoms with Gasteiger partial charge in [-0.1, -0.05) is 13.8 Å². The van der Waals surface area contributed by atoms with Crippen molar-refractivity contribution in [3.63, 3.8) is 0 Å². The molecular weight excluding hydrogens is 300 g/mol. The Morgan fingerprint density at radius 2 is 1.92 bits per heavy atom. The number of aryl methyl sites for hydroxylation is 1. The molecule has 1 atom stereocenters. The number of aromatic nitrogens is 1. The van der Waals surface area contributed by atoms with Crippen LogP contribution in [0.2, 0.25) is 0 Å². The minimum absolute atomic E-state index is 0.194. The van der Waals surface area contributed by atoms with E-state index in [1.54, 1.807) is 7.11 Å². The first-order valence-electron chi connectivity index (χ1n) is 8.70. The Balaban J connectivity index is 2.45. The molecule has 0 amide bonds. The third-order valence-corrected chi connectivity index (χ3v) is 4.71. The summed E-state index contributed by atoms with van der Waals surface area (Å²) in [6.07, 6.45) is 4.24. The Morgan fingerprint density at radius 3 is 2.42 bits per heavy atom. The monoisotopic (exact) mass is 330 g/mol. The van der Waals surface area contributed by atoms with Crippen LogP contribution in [0.4, 0.5) is 5.82 Å². The molecule has 0 bridgehead atoms. The second-order valence-electron chi connectivity index (χ2n) is 6.46. The van der Waals surface area contributed by atoms with Gasteiger partial charge >= 0.3 is 0 Å². The molecule has 1 aromatic heterocycles. The molecule has 0 N–H and O–H groups in total. The van der Waals surface area contributed by atoms with E-state index in [4.69, 9.17) is 14.7 Å². The van der Waals surface area contributed by atoms with Crippen molar-refractivity contribution >= 4 is 11.5 Å². The number of aliphatic imine (C=N–C) groups is 1. The van der Waals surface area contributed by atoms with Crippen LogP contribution < -0.4 is 4.90 Å². The molecule has 2 rings (SSSR count). The standard InChI is InChI=1S/C19H30N4O/c1-8-15(9-2)23-12-18(24-7)21-19(14(23)4)16-10-11-17(22(5)6)20-13(16)3/h10-12,14-15H,8-9H2,1-7H3. The molecule has 132 valence electrons. The van der Waals surface area contributed by atoms with Crippen LogP contribution in [0.3, 0.4) is 0 Å². The number of hydrogen-bond acceptors (Lipinski definition) is 5. The van der Waals surface area contributed by atoms with Gasteiger partial charge in [-0.3, -0.25) is 0 Å². The Kier molecular flexibility index (Phi) is 5.86. The highest BCUT2D eigenvalue weighted by molar-refractivity contribution is 6.06. The Labute approximate surface area is 146 Å². The molecule has 0 fully saturated rings. The van der Waals surface area contributed by atoms with E-state index >= 15 is 0 Å². The first-order chi connectivity index (χ1) is 11.4. The Hall–Kier alpha value is -2.04. The van der Waals surface area contributed by atoms with Crippen molar-refractivity contribution in [3.05, 3.63) is 35.5 Å². The molecule has 0 aliphatic carbocycles. The van der Waals surface area contributed by atoms with Crippen LogP contribution in [-0.2, 0) is 4.74 Å². The number of pyridine rings is 1. The molecule has 0 spiro atoms. The highest BCUT2D eigenvalue weighted by atomic mass is 16.5. The van der Waals surface area contributed by atoms with E-state index in [9.17, 15) is 0 Å². The van der Waals surface area contributed by atoms with Gasteiger partial charge in [0, 0.05) is 31.4 Å². The van der Waals surface area contributed by atoms with Gasteiger partial charge in [0.25, 0.3) is 0 Å². The fourth-order valence-corrected chi connectivity index (χ4v) is 3.20. The van der Waals surface area contributed by atoms with Gasteiger partial charge < -0.3 is 14.5 Å². The number of hydrogen-bond donors (Lipinski definition) is 0. The molecule has 24 heavy (non-hydrogen) atoms. The zero-order valence-corrected chi connectivity index (χ0v) is 16.0. The van der Waals surface area contributed by atoms with Crippen LogP contribution in [0.15, 0.2) is 29.2 Å². The molecule has 5 heteroatoms.